The standard InChI is InChI=1S/C13H14N2O2/c16-11-3-1-10(2-4-11)12-8-15-13(17-12)5-9-6-14-7-9/h1-4,8-9,14,16H,5-7H2. The largest absolute Gasteiger partial charge is 0.508 e. The van der Waals surface area contributed by atoms with Crippen molar-refractivity contribution in [1.82, 2.24) is 10.3 Å². The highest BCUT2D eigenvalue weighted by Crippen LogP contribution is 2.23. The fourth-order valence-electron chi connectivity index (χ4n) is 1.90. The zero-order valence-corrected chi connectivity index (χ0v) is 9.39. The van der Waals surface area contributed by atoms with Crippen LogP contribution < -0.4 is 5.32 Å². The minimum Gasteiger partial charge on any atom is -0.508 e. The van der Waals surface area contributed by atoms with Crippen LogP contribution in [0.2, 0.25) is 0 Å². The van der Waals surface area contributed by atoms with Gasteiger partial charge in [0.15, 0.2) is 11.7 Å². The van der Waals surface area contributed by atoms with Crippen LogP contribution in [0.25, 0.3) is 11.3 Å². The van der Waals surface area contributed by atoms with E-state index in [-0.39, 0.29) is 5.75 Å². The van der Waals surface area contributed by atoms with Crippen LogP contribution in [-0.4, -0.2) is 23.2 Å². The number of phenolic OH excluding ortho intramolecular Hbond substituents is 1. The highest BCUT2D eigenvalue weighted by molar-refractivity contribution is 5.57. The van der Waals surface area contributed by atoms with E-state index in [1.807, 2.05) is 12.1 Å². The lowest BCUT2D eigenvalue weighted by atomic mass is 10.00. The number of rotatable bonds is 3. The summed E-state index contributed by atoms with van der Waals surface area (Å²) in [4.78, 5) is 4.28. The zero-order valence-electron chi connectivity index (χ0n) is 9.39. The van der Waals surface area contributed by atoms with E-state index in [1.165, 1.54) is 0 Å². The normalized spacial score (nSPS) is 15.8. The van der Waals surface area contributed by atoms with Crippen molar-refractivity contribution < 1.29 is 9.52 Å². The molecule has 0 spiro atoms. The van der Waals surface area contributed by atoms with Crippen molar-refractivity contribution in [1.29, 1.82) is 0 Å². The lowest BCUT2D eigenvalue weighted by Crippen LogP contribution is -2.43. The van der Waals surface area contributed by atoms with Crippen LogP contribution in [0.15, 0.2) is 34.9 Å². The van der Waals surface area contributed by atoms with Crippen molar-refractivity contribution in [2.75, 3.05) is 13.1 Å². The number of aromatic nitrogens is 1. The summed E-state index contributed by atoms with van der Waals surface area (Å²) in [6.45, 7) is 2.11. The molecule has 0 unspecified atom stereocenters. The van der Waals surface area contributed by atoms with E-state index in [1.54, 1.807) is 18.3 Å². The third-order valence-electron chi connectivity index (χ3n) is 3.03. The molecule has 0 aliphatic carbocycles. The molecule has 1 aromatic carbocycles. The van der Waals surface area contributed by atoms with Gasteiger partial charge in [-0.1, -0.05) is 0 Å². The Kier molecular flexibility index (Phi) is 2.57. The first kappa shape index (κ1) is 10.4. The summed E-state index contributed by atoms with van der Waals surface area (Å²) in [6.07, 6.45) is 2.64. The van der Waals surface area contributed by atoms with Gasteiger partial charge in [0.1, 0.15) is 5.75 Å². The molecule has 1 aliphatic rings. The van der Waals surface area contributed by atoms with Crippen LogP contribution >= 0.6 is 0 Å². The molecule has 4 heteroatoms. The van der Waals surface area contributed by atoms with Crippen LogP contribution in [0.1, 0.15) is 5.89 Å². The molecule has 0 bridgehead atoms. The van der Waals surface area contributed by atoms with Crippen molar-refractivity contribution in [2.24, 2.45) is 5.92 Å². The summed E-state index contributed by atoms with van der Waals surface area (Å²) in [5.74, 6) is 2.46. The van der Waals surface area contributed by atoms with Crippen LogP contribution in [0, 0.1) is 5.92 Å². The van der Waals surface area contributed by atoms with Crippen LogP contribution in [0.5, 0.6) is 5.75 Å². The number of hydrogen-bond acceptors (Lipinski definition) is 4. The number of hydrogen-bond donors (Lipinski definition) is 2. The molecule has 1 aliphatic heterocycles. The molecule has 4 nitrogen and oxygen atoms in total. The van der Waals surface area contributed by atoms with Gasteiger partial charge in [-0.25, -0.2) is 4.98 Å². The van der Waals surface area contributed by atoms with E-state index in [0.717, 1.165) is 36.7 Å². The highest BCUT2D eigenvalue weighted by atomic mass is 16.4. The molecule has 1 aromatic heterocycles. The second-order valence-corrected chi connectivity index (χ2v) is 4.39. The summed E-state index contributed by atoms with van der Waals surface area (Å²) >= 11 is 0. The van der Waals surface area contributed by atoms with Crippen molar-refractivity contribution in [2.45, 2.75) is 6.42 Å². The van der Waals surface area contributed by atoms with Crippen molar-refractivity contribution in [3.63, 3.8) is 0 Å². The number of phenols is 1. The van der Waals surface area contributed by atoms with Gasteiger partial charge < -0.3 is 14.8 Å². The van der Waals surface area contributed by atoms with E-state index in [9.17, 15) is 5.11 Å². The lowest BCUT2D eigenvalue weighted by molar-refractivity contribution is 0.319. The monoisotopic (exact) mass is 230 g/mol. The number of nitrogens with one attached hydrogen (secondary N) is 1. The summed E-state index contributed by atoms with van der Waals surface area (Å²) in [6, 6.07) is 6.94. The summed E-state index contributed by atoms with van der Waals surface area (Å²) in [7, 11) is 0. The number of nitrogens with zero attached hydrogens (tertiary/aromatic N) is 1. The predicted octanol–water partition coefficient (Wildman–Crippen LogP) is 1.81. The Labute approximate surface area is 99.3 Å². The Morgan fingerprint density at radius 2 is 2.06 bits per heavy atom. The Bertz CT molecular complexity index is 500. The molecule has 17 heavy (non-hydrogen) atoms. The van der Waals surface area contributed by atoms with Crippen molar-refractivity contribution >= 4 is 0 Å². The summed E-state index contributed by atoms with van der Waals surface area (Å²) in [5, 5.41) is 12.4. The molecular formula is C13H14N2O2. The molecule has 88 valence electrons. The quantitative estimate of drug-likeness (QED) is 0.844. The maximum absolute atomic E-state index is 9.21. The van der Waals surface area contributed by atoms with Crippen molar-refractivity contribution in [3.05, 3.63) is 36.4 Å². The van der Waals surface area contributed by atoms with Crippen LogP contribution in [0.4, 0.5) is 0 Å². The smallest absolute Gasteiger partial charge is 0.195 e. The van der Waals surface area contributed by atoms with E-state index < -0.39 is 0 Å². The molecule has 1 fully saturated rings. The topological polar surface area (TPSA) is 58.3 Å². The predicted molar refractivity (Wildman–Crippen MR) is 63.7 cm³/mol. The Morgan fingerprint density at radius 1 is 1.29 bits per heavy atom. The molecule has 2 aromatic rings. The molecule has 3 rings (SSSR count). The zero-order chi connectivity index (χ0) is 11.7. The van der Waals surface area contributed by atoms with Crippen LogP contribution in [0.3, 0.4) is 0 Å². The first-order chi connectivity index (χ1) is 8.31. The molecule has 1 saturated heterocycles. The molecule has 2 heterocycles. The van der Waals surface area contributed by atoms with Gasteiger partial charge in [-0.3, -0.25) is 0 Å². The van der Waals surface area contributed by atoms with E-state index in [2.05, 4.69) is 10.3 Å². The highest BCUT2D eigenvalue weighted by Gasteiger charge is 2.19. The molecule has 0 radical (unpaired) electrons. The van der Waals surface area contributed by atoms with Gasteiger partial charge in [0.2, 0.25) is 0 Å². The number of aromatic hydroxyl groups is 1. The molecular weight excluding hydrogens is 216 g/mol. The summed E-state index contributed by atoms with van der Waals surface area (Å²) in [5.41, 5.74) is 0.938. The SMILES string of the molecule is Oc1ccc(-c2cnc(CC3CNC3)o2)cc1. The van der Waals surface area contributed by atoms with E-state index in [0.29, 0.717) is 5.92 Å². The van der Waals surface area contributed by atoms with E-state index in [4.69, 9.17) is 4.42 Å². The average molecular weight is 230 g/mol. The third kappa shape index (κ3) is 2.17. The Balaban J connectivity index is 1.76. The minimum absolute atomic E-state index is 0.258. The van der Waals surface area contributed by atoms with Gasteiger partial charge >= 0.3 is 0 Å². The maximum Gasteiger partial charge on any atom is 0.195 e. The van der Waals surface area contributed by atoms with Crippen LogP contribution in [-0.2, 0) is 6.42 Å². The maximum atomic E-state index is 9.21. The average Bonchev–Trinajstić information content (AvgIpc) is 2.73. The van der Waals surface area contributed by atoms with E-state index >= 15 is 0 Å². The Hall–Kier alpha value is -1.81. The first-order valence-corrected chi connectivity index (χ1v) is 5.76. The number of oxazole rings is 1. The second kappa shape index (κ2) is 4.22. The molecule has 2 N–H and O–H groups in total. The number of benzene rings is 1. The first-order valence-electron chi connectivity index (χ1n) is 5.76. The fourth-order valence-corrected chi connectivity index (χ4v) is 1.90. The van der Waals surface area contributed by atoms with Gasteiger partial charge in [0.05, 0.1) is 6.20 Å². The van der Waals surface area contributed by atoms with Gasteiger partial charge in [-0.05, 0) is 43.3 Å². The molecule has 0 saturated carbocycles. The van der Waals surface area contributed by atoms with Gasteiger partial charge in [0.25, 0.3) is 0 Å². The molecule has 0 amide bonds. The van der Waals surface area contributed by atoms with Crippen molar-refractivity contribution in [3.8, 4) is 17.1 Å². The van der Waals surface area contributed by atoms with Gasteiger partial charge in [-0.2, -0.15) is 0 Å². The third-order valence-corrected chi connectivity index (χ3v) is 3.03. The van der Waals surface area contributed by atoms with Gasteiger partial charge in [0, 0.05) is 12.0 Å². The molecule has 0 atom stereocenters. The fraction of sp³-hybridized carbons (Fsp3) is 0.308. The second-order valence-electron chi connectivity index (χ2n) is 4.39. The minimum atomic E-state index is 0.258. The lowest BCUT2D eigenvalue weighted by Gasteiger charge is -2.25. The van der Waals surface area contributed by atoms with Gasteiger partial charge in [-0.15, -0.1) is 0 Å². The summed E-state index contributed by atoms with van der Waals surface area (Å²) < 4.78 is 5.70. The Morgan fingerprint density at radius 3 is 2.71 bits per heavy atom.